The molecule has 1 aliphatic rings. The van der Waals surface area contributed by atoms with Gasteiger partial charge in [0.25, 0.3) is 0 Å². The molecule has 0 radical (unpaired) electrons. The lowest BCUT2D eigenvalue weighted by atomic mass is 9.96. The Balaban J connectivity index is 2.23. The molecule has 0 bridgehead atoms. The summed E-state index contributed by atoms with van der Waals surface area (Å²) in [5.74, 6) is 0.929. The van der Waals surface area contributed by atoms with E-state index in [4.69, 9.17) is 4.74 Å². The number of hydrogen-bond acceptors (Lipinski definition) is 3. The fourth-order valence-corrected chi connectivity index (χ4v) is 2.33. The van der Waals surface area contributed by atoms with Crippen LogP contribution in [0.3, 0.4) is 0 Å². The van der Waals surface area contributed by atoms with Crippen molar-refractivity contribution in [1.29, 1.82) is 0 Å². The SMILES string of the molecule is COC(=O)C(NCC(C)C)c1ccccc1C1CC1. The van der Waals surface area contributed by atoms with Crippen LogP contribution < -0.4 is 5.32 Å². The van der Waals surface area contributed by atoms with E-state index in [0.29, 0.717) is 11.8 Å². The Bertz CT molecular complexity index is 438. The van der Waals surface area contributed by atoms with Gasteiger partial charge < -0.3 is 10.1 Å². The van der Waals surface area contributed by atoms with E-state index in [1.54, 1.807) is 0 Å². The number of hydrogen-bond donors (Lipinski definition) is 1. The van der Waals surface area contributed by atoms with E-state index in [-0.39, 0.29) is 12.0 Å². The molecule has 0 spiro atoms. The van der Waals surface area contributed by atoms with E-state index in [1.807, 2.05) is 18.2 Å². The summed E-state index contributed by atoms with van der Waals surface area (Å²) in [6.07, 6.45) is 2.46. The second-order valence-corrected chi connectivity index (χ2v) is 5.66. The molecule has 19 heavy (non-hydrogen) atoms. The highest BCUT2D eigenvalue weighted by Crippen LogP contribution is 2.43. The third-order valence-electron chi connectivity index (χ3n) is 3.49. The standard InChI is InChI=1S/C16H23NO2/c1-11(2)10-17-15(16(18)19-3)14-7-5-4-6-13(14)12-8-9-12/h4-7,11-12,15,17H,8-10H2,1-3H3. The molecule has 3 heteroatoms. The summed E-state index contributed by atoms with van der Waals surface area (Å²) >= 11 is 0. The monoisotopic (exact) mass is 261 g/mol. The molecule has 3 nitrogen and oxygen atoms in total. The van der Waals surface area contributed by atoms with Gasteiger partial charge in [-0.2, -0.15) is 0 Å². The topological polar surface area (TPSA) is 38.3 Å². The average Bonchev–Trinajstić information content (AvgIpc) is 3.23. The number of benzene rings is 1. The molecule has 1 fully saturated rings. The summed E-state index contributed by atoms with van der Waals surface area (Å²) in [6, 6.07) is 7.88. The van der Waals surface area contributed by atoms with Crippen LogP contribution in [0.4, 0.5) is 0 Å². The predicted molar refractivity (Wildman–Crippen MR) is 76.0 cm³/mol. The second kappa shape index (κ2) is 6.20. The van der Waals surface area contributed by atoms with Crippen LogP contribution in [0, 0.1) is 5.92 Å². The first-order valence-corrected chi connectivity index (χ1v) is 7.03. The minimum Gasteiger partial charge on any atom is -0.468 e. The first-order valence-electron chi connectivity index (χ1n) is 7.03. The molecular formula is C16H23NO2. The molecule has 1 saturated carbocycles. The maximum absolute atomic E-state index is 12.0. The Kier molecular flexibility index (Phi) is 4.59. The number of ether oxygens (including phenoxy) is 1. The molecule has 0 aromatic heterocycles. The molecule has 0 aliphatic heterocycles. The highest BCUT2D eigenvalue weighted by atomic mass is 16.5. The van der Waals surface area contributed by atoms with Gasteiger partial charge in [0.15, 0.2) is 0 Å². The van der Waals surface area contributed by atoms with Crippen molar-refractivity contribution in [1.82, 2.24) is 5.32 Å². The lowest BCUT2D eigenvalue weighted by molar-refractivity contribution is -0.143. The Morgan fingerprint density at radius 2 is 2.05 bits per heavy atom. The number of rotatable bonds is 6. The maximum atomic E-state index is 12.0. The highest BCUT2D eigenvalue weighted by Gasteiger charge is 2.30. The van der Waals surface area contributed by atoms with Gasteiger partial charge in [0.05, 0.1) is 7.11 Å². The summed E-state index contributed by atoms with van der Waals surface area (Å²) in [5, 5.41) is 3.33. The molecule has 1 aromatic rings. The Morgan fingerprint density at radius 1 is 1.37 bits per heavy atom. The van der Waals surface area contributed by atoms with Crippen molar-refractivity contribution < 1.29 is 9.53 Å². The fourth-order valence-electron chi connectivity index (χ4n) is 2.33. The van der Waals surface area contributed by atoms with Gasteiger partial charge >= 0.3 is 5.97 Å². The number of esters is 1. The quantitative estimate of drug-likeness (QED) is 0.800. The van der Waals surface area contributed by atoms with Gasteiger partial charge in [-0.1, -0.05) is 38.1 Å². The van der Waals surface area contributed by atoms with Crippen molar-refractivity contribution >= 4 is 5.97 Å². The molecule has 0 heterocycles. The zero-order valence-corrected chi connectivity index (χ0v) is 12.0. The molecule has 1 N–H and O–H groups in total. The molecule has 1 atom stereocenters. The molecule has 1 aliphatic carbocycles. The van der Waals surface area contributed by atoms with Crippen LogP contribution in [-0.2, 0) is 9.53 Å². The molecule has 104 valence electrons. The van der Waals surface area contributed by atoms with Crippen LogP contribution in [0.5, 0.6) is 0 Å². The average molecular weight is 261 g/mol. The van der Waals surface area contributed by atoms with Crippen LogP contribution >= 0.6 is 0 Å². The van der Waals surface area contributed by atoms with E-state index >= 15 is 0 Å². The highest BCUT2D eigenvalue weighted by molar-refractivity contribution is 5.78. The second-order valence-electron chi connectivity index (χ2n) is 5.66. The normalized spacial score (nSPS) is 16.4. The van der Waals surface area contributed by atoms with E-state index in [1.165, 1.54) is 25.5 Å². The van der Waals surface area contributed by atoms with Gasteiger partial charge in [-0.05, 0) is 42.3 Å². The van der Waals surface area contributed by atoms with Gasteiger partial charge in [0.2, 0.25) is 0 Å². The zero-order chi connectivity index (χ0) is 13.8. The minimum absolute atomic E-state index is 0.200. The van der Waals surface area contributed by atoms with Crippen LogP contribution in [0.2, 0.25) is 0 Å². The molecule has 1 aromatic carbocycles. The van der Waals surface area contributed by atoms with Crippen LogP contribution in [0.15, 0.2) is 24.3 Å². The van der Waals surface area contributed by atoms with Gasteiger partial charge in [0.1, 0.15) is 6.04 Å². The third-order valence-corrected chi connectivity index (χ3v) is 3.49. The van der Waals surface area contributed by atoms with Crippen molar-refractivity contribution in [3.63, 3.8) is 0 Å². The largest absolute Gasteiger partial charge is 0.468 e. The first kappa shape index (κ1) is 14.1. The molecule has 2 rings (SSSR count). The fraction of sp³-hybridized carbons (Fsp3) is 0.562. The minimum atomic E-state index is -0.343. The van der Waals surface area contributed by atoms with Gasteiger partial charge in [-0.15, -0.1) is 0 Å². The summed E-state index contributed by atoms with van der Waals surface area (Å²) in [5.41, 5.74) is 2.38. The third kappa shape index (κ3) is 3.57. The van der Waals surface area contributed by atoms with Crippen molar-refractivity contribution in [2.75, 3.05) is 13.7 Å². The van der Waals surface area contributed by atoms with Crippen molar-refractivity contribution in [2.45, 2.75) is 38.6 Å². The summed E-state index contributed by atoms with van der Waals surface area (Å²) < 4.78 is 4.95. The molecule has 0 saturated heterocycles. The molecular weight excluding hydrogens is 238 g/mol. The lowest BCUT2D eigenvalue weighted by Gasteiger charge is -2.21. The van der Waals surface area contributed by atoms with Crippen LogP contribution in [-0.4, -0.2) is 19.6 Å². The molecule has 0 amide bonds. The smallest absolute Gasteiger partial charge is 0.327 e. The van der Waals surface area contributed by atoms with E-state index in [9.17, 15) is 4.79 Å². The van der Waals surface area contributed by atoms with Gasteiger partial charge in [-0.25, -0.2) is 4.79 Å². The molecule has 1 unspecified atom stereocenters. The van der Waals surface area contributed by atoms with Crippen molar-refractivity contribution in [3.05, 3.63) is 35.4 Å². The van der Waals surface area contributed by atoms with Crippen molar-refractivity contribution in [2.24, 2.45) is 5.92 Å². The Morgan fingerprint density at radius 3 is 2.63 bits per heavy atom. The lowest BCUT2D eigenvalue weighted by Crippen LogP contribution is -2.32. The number of nitrogens with one attached hydrogen (secondary N) is 1. The summed E-state index contributed by atoms with van der Waals surface area (Å²) in [6.45, 7) is 5.07. The first-order chi connectivity index (χ1) is 9.13. The van der Waals surface area contributed by atoms with Crippen molar-refractivity contribution in [3.8, 4) is 0 Å². The van der Waals surface area contributed by atoms with E-state index in [0.717, 1.165) is 12.1 Å². The zero-order valence-electron chi connectivity index (χ0n) is 12.0. The Labute approximate surface area is 115 Å². The summed E-state index contributed by atoms with van der Waals surface area (Å²) in [4.78, 5) is 12.0. The number of methoxy groups -OCH3 is 1. The maximum Gasteiger partial charge on any atom is 0.327 e. The van der Waals surface area contributed by atoms with Crippen LogP contribution in [0.25, 0.3) is 0 Å². The van der Waals surface area contributed by atoms with Gasteiger partial charge in [-0.3, -0.25) is 0 Å². The predicted octanol–water partition coefficient (Wildman–Crippen LogP) is 3.02. The van der Waals surface area contributed by atoms with E-state index in [2.05, 4.69) is 25.2 Å². The van der Waals surface area contributed by atoms with Crippen LogP contribution in [0.1, 0.15) is 49.8 Å². The Hall–Kier alpha value is -1.35. The number of carbonyl (C=O) groups is 1. The summed E-state index contributed by atoms with van der Waals surface area (Å²) in [7, 11) is 1.45. The van der Waals surface area contributed by atoms with E-state index < -0.39 is 0 Å². The number of carbonyl (C=O) groups excluding carboxylic acids is 1. The van der Waals surface area contributed by atoms with Gasteiger partial charge in [0, 0.05) is 0 Å².